The first kappa shape index (κ1) is 15.0. The van der Waals surface area contributed by atoms with Crippen LogP contribution in [-0.2, 0) is 11.9 Å². The van der Waals surface area contributed by atoms with E-state index in [-0.39, 0.29) is 5.82 Å². The van der Waals surface area contributed by atoms with E-state index >= 15 is 0 Å². The van der Waals surface area contributed by atoms with E-state index in [4.69, 9.17) is 0 Å². The van der Waals surface area contributed by atoms with Gasteiger partial charge in [-0.3, -0.25) is 4.98 Å². The van der Waals surface area contributed by atoms with E-state index in [1.807, 2.05) is 43.0 Å². The van der Waals surface area contributed by atoms with Gasteiger partial charge in [0.25, 0.3) is 0 Å². The summed E-state index contributed by atoms with van der Waals surface area (Å²) in [7, 11) is 0. The van der Waals surface area contributed by atoms with Crippen LogP contribution in [0, 0.1) is 12.7 Å². The Hall–Kier alpha value is -1.42. The molecule has 0 aliphatic heterocycles. The maximum Gasteiger partial charge on any atom is 0.146 e. The van der Waals surface area contributed by atoms with Gasteiger partial charge in [0.15, 0.2) is 0 Å². The van der Waals surface area contributed by atoms with Gasteiger partial charge in [0.05, 0.1) is 17.9 Å². The first-order valence-electron chi connectivity index (χ1n) is 6.66. The molecule has 0 atom stereocenters. The fraction of sp³-hybridized carbons (Fsp3) is 0.312. The van der Waals surface area contributed by atoms with Gasteiger partial charge in [-0.15, -0.1) is 0 Å². The van der Waals surface area contributed by atoms with Crippen LogP contribution in [0.4, 0.5) is 10.1 Å². The lowest BCUT2D eigenvalue weighted by molar-refractivity contribution is 0.615. The van der Waals surface area contributed by atoms with Crippen molar-refractivity contribution in [3.05, 3.63) is 59.2 Å². The van der Waals surface area contributed by atoms with Crippen LogP contribution in [0.2, 0.25) is 0 Å². The van der Waals surface area contributed by atoms with Crippen molar-refractivity contribution in [3.8, 4) is 0 Å². The average Bonchev–Trinajstić information content (AvgIpc) is 2.45. The first-order chi connectivity index (χ1) is 9.65. The molecule has 20 heavy (non-hydrogen) atoms. The molecule has 0 spiro atoms. The number of halogens is 2. The Morgan fingerprint density at radius 3 is 2.60 bits per heavy atom. The predicted molar refractivity (Wildman–Crippen MR) is 84.7 cm³/mol. The Bertz CT molecular complexity index is 586. The lowest BCUT2D eigenvalue weighted by atomic mass is 10.1. The molecule has 2 rings (SSSR count). The van der Waals surface area contributed by atoms with Crippen LogP contribution in [0.25, 0.3) is 0 Å². The third kappa shape index (κ3) is 3.37. The number of hydrogen-bond donors (Lipinski definition) is 0. The predicted octanol–water partition coefficient (Wildman–Crippen LogP) is 4.45. The topological polar surface area (TPSA) is 16.1 Å². The second-order valence-corrected chi connectivity index (χ2v) is 5.23. The second kappa shape index (κ2) is 6.84. The fourth-order valence-electron chi connectivity index (χ4n) is 2.25. The van der Waals surface area contributed by atoms with Crippen molar-refractivity contribution < 1.29 is 4.39 Å². The lowest BCUT2D eigenvalue weighted by Gasteiger charge is -2.25. The minimum Gasteiger partial charge on any atom is -0.363 e. The van der Waals surface area contributed by atoms with E-state index < -0.39 is 0 Å². The largest absolute Gasteiger partial charge is 0.363 e. The summed E-state index contributed by atoms with van der Waals surface area (Å²) in [5.74, 6) is -0.184. The zero-order valence-corrected chi connectivity index (χ0v) is 13.3. The van der Waals surface area contributed by atoms with Crippen molar-refractivity contribution >= 4 is 21.6 Å². The number of benzene rings is 1. The molecule has 0 amide bonds. The normalized spacial score (nSPS) is 10.6. The highest BCUT2D eigenvalue weighted by Gasteiger charge is 2.15. The Morgan fingerprint density at radius 1 is 1.20 bits per heavy atom. The molecule has 0 aliphatic rings. The molecule has 2 nitrogen and oxygen atoms in total. The number of anilines is 1. The lowest BCUT2D eigenvalue weighted by Crippen LogP contribution is -2.25. The average molecular weight is 337 g/mol. The number of aromatic nitrogens is 1. The van der Waals surface area contributed by atoms with E-state index in [2.05, 4.69) is 20.9 Å². The van der Waals surface area contributed by atoms with E-state index in [1.54, 1.807) is 6.07 Å². The molecule has 1 heterocycles. The number of para-hydroxylation sites is 1. The molecule has 0 aliphatic carbocycles. The summed E-state index contributed by atoms with van der Waals surface area (Å²) in [5.41, 5.74) is 3.55. The fourth-order valence-corrected chi connectivity index (χ4v) is 2.71. The van der Waals surface area contributed by atoms with E-state index in [0.29, 0.717) is 17.6 Å². The molecule has 0 fully saturated rings. The number of alkyl halides is 1. The van der Waals surface area contributed by atoms with Crippen LogP contribution in [0.5, 0.6) is 0 Å². The quantitative estimate of drug-likeness (QED) is 0.750. The molecule has 1 aromatic carbocycles. The summed E-state index contributed by atoms with van der Waals surface area (Å²) >= 11 is 3.43. The Labute approximate surface area is 127 Å². The molecule has 0 N–H and O–H groups in total. The van der Waals surface area contributed by atoms with Crippen molar-refractivity contribution in [2.45, 2.75) is 25.7 Å². The molecule has 4 heteroatoms. The highest BCUT2D eigenvalue weighted by atomic mass is 79.9. The van der Waals surface area contributed by atoms with Gasteiger partial charge < -0.3 is 4.90 Å². The summed E-state index contributed by atoms with van der Waals surface area (Å²) < 4.78 is 14.2. The molecule has 0 unspecified atom stereocenters. The highest BCUT2D eigenvalue weighted by Crippen LogP contribution is 2.27. The van der Waals surface area contributed by atoms with Crippen molar-refractivity contribution in [3.63, 3.8) is 0 Å². The van der Waals surface area contributed by atoms with Crippen molar-refractivity contribution in [2.75, 3.05) is 11.4 Å². The smallest absolute Gasteiger partial charge is 0.146 e. The number of nitrogens with zero attached hydrogens (tertiary/aromatic N) is 2. The summed E-state index contributed by atoms with van der Waals surface area (Å²) in [5, 5.41) is 0.637. The van der Waals surface area contributed by atoms with Gasteiger partial charge in [0, 0.05) is 17.6 Å². The maximum atomic E-state index is 14.2. The van der Waals surface area contributed by atoms with Crippen LogP contribution in [0.15, 0.2) is 36.4 Å². The third-order valence-electron chi connectivity index (χ3n) is 3.21. The molecule has 0 radical (unpaired) electrons. The third-order valence-corrected chi connectivity index (χ3v) is 3.82. The Kier molecular flexibility index (Phi) is 5.12. The SMILES string of the molecule is CCN(Cc1cccc(C)n1)c1c(F)cccc1CBr. The highest BCUT2D eigenvalue weighted by molar-refractivity contribution is 9.08. The number of hydrogen-bond acceptors (Lipinski definition) is 2. The maximum absolute atomic E-state index is 14.2. The van der Waals surface area contributed by atoms with Gasteiger partial charge in [0.1, 0.15) is 5.82 Å². The molecular weight excluding hydrogens is 319 g/mol. The van der Waals surface area contributed by atoms with Gasteiger partial charge >= 0.3 is 0 Å². The van der Waals surface area contributed by atoms with Gasteiger partial charge in [-0.1, -0.05) is 34.1 Å². The van der Waals surface area contributed by atoms with Crippen LogP contribution in [0.3, 0.4) is 0 Å². The first-order valence-corrected chi connectivity index (χ1v) is 7.78. The van der Waals surface area contributed by atoms with Gasteiger partial charge in [-0.05, 0) is 37.6 Å². The zero-order valence-electron chi connectivity index (χ0n) is 11.7. The molecule has 1 aromatic heterocycles. The van der Waals surface area contributed by atoms with Crippen LogP contribution in [0.1, 0.15) is 23.9 Å². The second-order valence-electron chi connectivity index (χ2n) is 4.67. The minimum atomic E-state index is -0.184. The van der Waals surface area contributed by atoms with Gasteiger partial charge in [-0.25, -0.2) is 4.39 Å². The Morgan fingerprint density at radius 2 is 1.95 bits per heavy atom. The summed E-state index contributed by atoms with van der Waals surface area (Å²) in [6.07, 6.45) is 0. The van der Waals surface area contributed by atoms with Gasteiger partial charge in [-0.2, -0.15) is 0 Å². The molecule has 0 saturated carbocycles. The van der Waals surface area contributed by atoms with Gasteiger partial charge in [0.2, 0.25) is 0 Å². The standard InChI is InChI=1S/C16H18BrFN2/c1-3-20(11-14-8-4-6-12(2)19-14)16-13(10-17)7-5-9-15(16)18/h4-9H,3,10-11H2,1-2H3. The number of rotatable bonds is 5. The molecular formula is C16H18BrFN2. The van der Waals surface area contributed by atoms with Crippen molar-refractivity contribution in [1.82, 2.24) is 4.98 Å². The molecule has 2 aromatic rings. The Balaban J connectivity index is 2.33. The summed E-state index contributed by atoms with van der Waals surface area (Å²) in [6, 6.07) is 11.1. The number of aryl methyl sites for hydroxylation is 1. The van der Waals surface area contributed by atoms with Crippen LogP contribution < -0.4 is 4.90 Å². The van der Waals surface area contributed by atoms with Crippen molar-refractivity contribution in [1.29, 1.82) is 0 Å². The van der Waals surface area contributed by atoms with E-state index in [1.165, 1.54) is 6.07 Å². The minimum absolute atomic E-state index is 0.184. The zero-order chi connectivity index (χ0) is 14.5. The van der Waals surface area contributed by atoms with Crippen molar-refractivity contribution in [2.24, 2.45) is 0 Å². The van der Waals surface area contributed by atoms with E-state index in [0.717, 1.165) is 23.5 Å². The summed E-state index contributed by atoms with van der Waals surface area (Å²) in [4.78, 5) is 6.52. The molecule has 0 saturated heterocycles. The monoisotopic (exact) mass is 336 g/mol. The van der Waals surface area contributed by atoms with Crippen LogP contribution >= 0.6 is 15.9 Å². The molecule has 0 bridgehead atoms. The molecule has 106 valence electrons. The van der Waals surface area contributed by atoms with E-state index in [9.17, 15) is 4.39 Å². The van der Waals surface area contributed by atoms with Crippen LogP contribution in [-0.4, -0.2) is 11.5 Å². The summed E-state index contributed by atoms with van der Waals surface area (Å²) in [6.45, 7) is 5.34. The number of pyridine rings is 1.